The van der Waals surface area contributed by atoms with Gasteiger partial charge in [-0.2, -0.15) is 0 Å². The molecule has 0 atom stereocenters. The zero-order valence-corrected chi connectivity index (χ0v) is 10.8. The maximum absolute atomic E-state index is 11.0. The lowest BCUT2D eigenvalue weighted by Crippen LogP contribution is -1.96. The number of nitro benzene ring substituents is 1. The number of hydrogen-bond donors (Lipinski definition) is 0. The van der Waals surface area contributed by atoms with Gasteiger partial charge in [-0.05, 0) is 18.1 Å². The topological polar surface area (TPSA) is 78.2 Å². The lowest BCUT2D eigenvalue weighted by atomic mass is 10.1. The standard InChI is InChI=1S/C12H10ClN3O3/c1-2-8-3-4-11(10(5-8)16(17)18)19-12-9(13)6-14-7-15-12/h3-7H,2H2,1H3. The van der Waals surface area contributed by atoms with Crippen LogP contribution in [0, 0.1) is 10.1 Å². The third-order valence-corrected chi connectivity index (χ3v) is 2.73. The molecule has 0 N–H and O–H groups in total. The van der Waals surface area contributed by atoms with Gasteiger partial charge in [-0.3, -0.25) is 10.1 Å². The fraction of sp³-hybridized carbons (Fsp3) is 0.167. The van der Waals surface area contributed by atoms with E-state index in [0.717, 1.165) is 5.56 Å². The number of benzene rings is 1. The number of aromatic nitrogens is 2. The number of hydrogen-bond acceptors (Lipinski definition) is 5. The molecule has 0 aliphatic rings. The first-order valence-corrected chi connectivity index (χ1v) is 5.90. The largest absolute Gasteiger partial charge is 0.430 e. The maximum Gasteiger partial charge on any atom is 0.311 e. The summed E-state index contributed by atoms with van der Waals surface area (Å²) in [6, 6.07) is 4.78. The molecule has 0 fully saturated rings. The van der Waals surface area contributed by atoms with Crippen molar-refractivity contribution in [2.45, 2.75) is 13.3 Å². The molecule has 6 nitrogen and oxygen atoms in total. The van der Waals surface area contributed by atoms with Crippen molar-refractivity contribution < 1.29 is 9.66 Å². The Bertz CT molecular complexity index is 619. The van der Waals surface area contributed by atoms with Crippen molar-refractivity contribution in [2.75, 3.05) is 0 Å². The predicted molar refractivity (Wildman–Crippen MR) is 69.6 cm³/mol. The molecule has 0 aliphatic heterocycles. The fourth-order valence-corrected chi connectivity index (χ4v) is 1.64. The molecule has 98 valence electrons. The molecular weight excluding hydrogens is 270 g/mol. The van der Waals surface area contributed by atoms with Crippen molar-refractivity contribution in [1.29, 1.82) is 0 Å². The summed E-state index contributed by atoms with van der Waals surface area (Å²) in [6.07, 6.45) is 3.32. The monoisotopic (exact) mass is 279 g/mol. The summed E-state index contributed by atoms with van der Waals surface area (Å²) in [5.41, 5.74) is 0.738. The zero-order valence-electron chi connectivity index (χ0n) is 10.0. The fourth-order valence-electron chi connectivity index (χ4n) is 1.49. The van der Waals surface area contributed by atoms with Crippen LogP contribution in [-0.2, 0) is 6.42 Å². The van der Waals surface area contributed by atoms with Gasteiger partial charge in [0, 0.05) is 6.07 Å². The van der Waals surface area contributed by atoms with Crippen molar-refractivity contribution in [1.82, 2.24) is 9.97 Å². The van der Waals surface area contributed by atoms with Gasteiger partial charge in [-0.25, -0.2) is 9.97 Å². The summed E-state index contributed by atoms with van der Waals surface area (Å²) in [5.74, 6) is 0.187. The Morgan fingerprint density at radius 1 is 1.47 bits per heavy atom. The van der Waals surface area contributed by atoms with Crippen molar-refractivity contribution in [3.8, 4) is 11.6 Å². The van der Waals surface area contributed by atoms with E-state index in [2.05, 4.69) is 9.97 Å². The molecule has 1 aromatic heterocycles. The number of aryl methyl sites for hydroxylation is 1. The average Bonchev–Trinajstić information content (AvgIpc) is 2.41. The Balaban J connectivity index is 2.40. The highest BCUT2D eigenvalue weighted by molar-refractivity contribution is 6.31. The number of rotatable bonds is 4. The van der Waals surface area contributed by atoms with Crippen LogP contribution < -0.4 is 4.74 Å². The summed E-state index contributed by atoms with van der Waals surface area (Å²) in [6.45, 7) is 1.92. The predicted octanol–water partition coefficient (Wildman–Crippen LogP) is 3.39. The smallest absolute Gasteiger partial charge is 0.311 e. The highest BCUT2D eigenvalue weighted by Gasteiger charge is 2.17. The van der Waals surface area contributed by atoms with E-state index in [0.29, 0.717) is 6.42 Å². The van der Waals surface area contributed by atoms with Crippen LogP contribution in [0.15, 0.2) is 30.7 Å². The summed E-state index contributed by atoms with van der Waals surface area (Å²) >= 11 is 5.84. The lowest BCUT2D eigenvalue weighted by Gasteiger charge is -2.07. The Hall–Kier alpha value is -2.21. The molecule has 2 aromatic rings. The second-order valence-electron chi connectivity index (χ2n) is 3.69. The molecule has 1 aromatic carbocycles. The van der Waals surface area contributed by atoms with Crippen LogP contribution in [0.25, 0.3) is 0 Å². The third-order valence-electron chi connectivity index (χ3n) is 2.47. The van der Waals surface area contributed by atoms with E-state index >= 15 is 0 Å². The Morgan fingerprint density at radius 3 is 2.89 bits per heavy atom. The van der Waals surface area contributed by atoms with Gasteiger partial charge in [0.1, 0.15) is 11.3 Å². The van der Waals surface area contributed by atoms with Gasteiger partial charge in [0.25, 0.3) is 0 Å². The minimum absolute atomic E-state index is 0.0871. The van der Waals surface area contributed by atoms with Crippen molar-refractivity contribution >= 4 is 17.3 Å². The van der Waals surface area contributed by atoms with E-state index < -0.39 is 4.92 Å². The molecule has 0 bridgehead atoms. The first-order chi connectivity index (χ1) is 9.11. The van der Waals surface area contributed by atoms with Crippen molar-refractivity contribution in [3.63, 3.8) is 0 Å². The first-order valence-electron chi connectivity index (χ1n) is 5.52. The Kier molecular flexibility index (Phi) is 3.91. The van der Waals surface area contributed by atoms with Gasteiger partial charge in [0.05, 0.1) is 11.1 Å². The molecule has 0 unspecified atom stereocenters. The van der Waals surface area contributed by atoms with E-state index in [9.17, 15) is 10.1 Å². The molecular formula is C12H10ClN3O3. The van der Waals surface area contributed by atoms with Gasteiger partial charge in [-0.15, -0.1) is 0 Å². The van der Waals surface area contributed by atoms with E-state index in [4.69, 9.17) is 16.3 Å². The second-order valence-corrected chi connectivity index (χ2v) is 4.10. The normalized spacial score (nSPS) is 10.2. The van der Waals surface area contributed by atoms with E-state index in [-0.39, 0.29) is 22.3 Å². The molecule has 2 rings (SSSR count). The summed E-state index contributed by atoms with van der Waals surface area (Å²) in [7, 11) is 0. The average molecular weight is 280 g/mol. The van der Waals surface area contributed by atoms with Crippen LogP contribution in [-0.4, -0.2) is 14.9 Å². The third kappa shape index (κ3) is 2.97. The van der Waals surface area contributed by atoms with Gasteiger partial charge in [0.2, 0.25) is 11.6 Å². The molecule has 0 spiro atoms. The Labute approximate surface area is 114 Å². The molecule has 1 heterocycles. The van der Waals surface area contributed by atoms with Gasteiger partial charge in [0.15, 0.2) is 0 Å². The van der Waals surface area contributed by atoms with E-state index in [1.54, 1.807) is 6.07 Å². The lowest BCUT2D eigenvalue weighted by molar-refractivity contribution is -0.385. The van der Waals surface area contributed by atoms with Gasteiger partial charge >= 0.3 is 5.69 Å². The highest BCUT2D eigenvalue weighted by Crippen LogP contribution is 2.33. The van der Waals surface area contributed by atoms with Crippen LogP contribution in [0.2, 0.25) is 5.02 Å². The molecule has 19 heavy (non-hydrogen) atoms. The molecule has 0 saturated heterocycles. The number of nitrogens with zero attached hydrogens (tertiary/aromatic N) is 3. The van der Waals surface area contributed by atoms with Crippen molar-refractivity contribution in [3.05, 3.63) is 51.4 Å². The van der Waals surface area contributed by atoms with Crippen LogP contribution in [0.1, 0.15) is 12.5 Å². The van der Waals surface area contributed by atoms with Crippen LogP contribution in [0.5, 0.6) is 11.6 Å². The van der Waals surface area contributed by atoms with E-state index in [1.807, 2.05) is 6.92 Å². The molecule has 0 amide bonds. The zero-order chi connectivity index (χ0) is 13.8. The van der Waals surface area contributed by atoms with Gasteiger partial charge < -0.3 is 4.74 Å². The molecule has 0 aliphatic carbocycles. The minimum Gasteiger partial charge on any atom is -0.430 e. The quantitative estimate of drug-likeness (QED) is 0.633. The van der Waals surface area contributed by atoms with Crippen molar-refractivity contribution in [2.24, 2.45) is 0 Å². The molecule has 0 saturated carbocycles. The van der Waals surface area contributed by atoms with Gasteiger partial charge in [-0.1, -0.05) is 24.6 Å². The molecule has 7 heteroatoms. The first kappa shape index (κ1) is 13.2. The SMILES string of the molecule is CCc1ccc(Oc2ncncc2Cl)c([N+](=O)[O-])c1. The Morgan fingerprint density at radius 2 is 2.26 bits per heavy atom. The maximum atomic E-state index is 11.0. The van der Waals surface area contributed by atoms with Crippen LogP contribution in [0.3, 0.4) is 0 Å². The van der Waals surface area contributed by atoms with E-state index in [1.165, 1.54) is 24.7 Å². The number of halogens is 1. The number of nitro groups is 1. The summed E-state index contributed by atoms with van der Waals surface area (Å²) < 4.78 is 5.38. The highest BCUT2D eigenvalue weighted by atomic mass is 35.5. The summed E-state index contributed by atoms with van der Waals surface area (Å²) in [5, 5.41) is 11.2. The second kappa shape index (κ2) is 5.62. The minimum atomic E-state index is -0.496. The van der Waals surface area contributed by atoms with Crippen LogP contribution in [0.4, 0.5) is 5.69 Å². The van der Waals surface area contributed by atoms with Crippen LogP contribution >= 0.6 is 11.6 Å². The number of ether oxygens (including phenoxy) is 1. The summed E-state index contributed by atoms with van der Waals surface area (Å²) in [4.78, 5) is 18.1. The molecule has 0 radical (unpaired) electrons.